The third-order valence-electron chi connectivity index (χ3n) is 7.37. The molecular weight excluding hydrogens is 581 g/mol. The third-order valence-corrected chi connectivity index (χ3v) is 9.70. The Hall–Kier alpha value is -3.07. The lowest BCUT2D eigenvalue weighted by molar-refractivity contribution is -0.139. The smallest absolute Gasteiger partial charge is 0.264 e. The van der Waals surface area contributed by atoms with E-state index < -0.39 is 28.5 Å². The van der Waals surface area contributed by atoms with Crippen LogP contribution in [0.15, 0.2) is 77.7 Å². The van der Waals surface area contributed by atoms with Gasteiger partial charge in [0.15, 0.2) is 0 Å². The maximum Gasteiger partial charge on any atom is 0.264 e. The van der Waals surface area contributed by atoms with Crippen LogP contribution in [0.4, 0.5) is 5.69 Å². The van der Waals surface area contributed by atoms with Crippen molar-refractivity contribution in [3.05, 3.63) is 94.0 Å². The second kappa shape index (κ2) is 13.7. The molecule has 0 bridgehead atoms. The lowest BCUT2D eigenvalue weighted by Crippen LogP contribution is -2.53. The van der Waals surface area contributed by atoms with Gasteiger partial charge in [-0.2, -0.15) is 0 Å². The zero-order valence-electron chi connectivity index (χ0n) is 23.2. The SMILES string of the molecule is Cc1ccc(S(=O)(=O)N(CC(=O)N(Cc2cccc(Cl)c2)[C@H](C)C(=O)NC2CCCCC2)c2ccccc2Cl)cc1. The van der Waals surface area contributed by atoms with E-state index in [1.165, 1.54) is 17.0 Å². The quantitative estimate of drug-likeness (QED) is 0.287. The zero-order valence-corrected chi connectivity index (χ0v) is 25.6. The molecule has 0 saturated heterocycles. The second-order valence-corrected chi connectivity index (χ2v) is 13.2. The number of hydrogen-bond acceptors (Lipinski definition) is 4. The minimum Gasteiger partial charge on any atom is -0.352 e. The molecule has 2 amide bonds. The number of carbonyl (C=O) groups is 2. The summed E-state index contributed by atoms with van der Waals surface area (Å²) >= 11 is 12.7. The first-order valence-electron chi connectivity index (χ1n) is 13.7. The van der Waals surface area contributed by atoms with Crippen LogP contribution in [0.1, 0.15) is 50.2 Å². The monoisotopic (exact) mass is 615 g/mol. The molecule has 0 aromatic heterocycles. The summed E-state index contributed by atoms with van der Waals surface area (Å²) in [5, 5.41) is 3.77. The molecule has 1 aliphatic carbocycles. The first-order valence-corrected chi connectivity index (χ1v) is 15.9. The average molecular weight is 617 g/mol. The van der Waals surface area contributed by atoms with E-state index in [1.54, 1.807) is 61.5 Å². The molecule has 0 radical (unpaired) electrons. The van der Waals surface area contributed by atoms with Crippen molar-refractivity contribution >= 4 is 50.7 Å². The van der Waals surface area contributed by atoms with E-state index >= 15 is 0 Å². The molecule has 0 heterocycles. The maximum atomic E-state index is 14.1. The fourth-order valence-electron chi connectivity index (χ4n) is 4.99. The van der Waals surface area contributed by atoms with Crippen molar-refractivity contribution in [2.75, 3.05) is 10.8 Å². The fourth-order valence-corrected chi connectivity index (χ4v) is 6.92. The van der Waals surface area contributed by atoms with E-state index in [2.05, 4.69) is 5.32 Å². The van der Waals surface area contributed by atoms with Crippen LogP contribution in [-0.4, -0.2) is 43.8 Å². The number of aryl methyl sites for hydroxylation is 1. The predicted octanol–water partition coefficient (Wildman–Crippen LogP) is 6.36. The molecule has 218 valence electrons. The molecule has 1 saturated carbocycles. The van der Waals surface area contributed by atoms with Crippen molar-refractivity contribution in [1.29, 1.82) is 0 Å². The van der Waals surface area contributed by atoms with Crippen LogP contribution in [0.2, 0.25) is 10.0 Å². The lowest BCUT2D eigenvalue weighted by atomic mass is 9.95. The lowest BCUT2D eigenvalue weighted by Gasteiger charge is -2.33. The number of nitrogens with one attached hydrogen (secondary N) is 1. The van der Waals surface area contributed by atoms with E-state index in [0.29, 0.717) is 10.6 Å². The van der Waals surface area contributed by atoms with E-state index in [9.17, 15) is 18.0 Å². The Balaban J connectivity index is 1.68. The number of benzene rings is 3. The Labute approximate surface area is 252 Å². The molecule has 3 aromatic rings. The van der Waals surface area contributed by atoms with Gasteiger partial charge in [-0.05, 0) is 68.7 Å². The molecule has 1 aliphatic rings. The average Bonchev–Trinajstić information content (AvgIpc) is 2.95. The van der Waals surface area contributed by atoms with E-state index in [4.69, 9.17) is 23.2 Å². The zero-order chi connectivity index (χ0) is 29.6. The van der Waals surface area contributed by atoms with Crippen LogP contribution >= 0.6 is 23.2 Å². The number of anilines is 1. The van der Waals surface area contributed by atoms with Gasteiger partial charge in [-0.1, -0.05) is 84.4 Å². The number of nitrogens with zero attached hydrogens (tertiary/aromatic N) is 2. The maximum absolute atomic E-state index is 14.1. The van der Waals surface area contributed by atoms with Gasteiger partial charge in [0.2, 0.25) is 11.8 Å². The minimum absolute atomic E-state index is 0.0281. The summed E-state index contributed by atoms with van der Waals surface area (Å²) in [6.45, 7) is 3.04. The van der Waals surface area contributed by atoms with Crippen LogP contribution in [0.5, 0.6) is 0 Å². The summed E-state index contributed by atoms with van der Waals surface area (Å²) in [5.74, 6) is -0.829. The van der Waals surface area contributed by atoms with Gasteiger partial charge in [-0.25, -0.2) is 8.42 Å². The van der Waals surface area contributed by atoms with Gasteiger partial charge >= 0.3 is 0 Å². The number of sulfonamides is 1. The van der Waals surface area contributed by atoms with Crippen LogP contribution in [0, 0.1) is 6.92 Å². The molecule has 4 rings (SSSR count). The molecule has 1 fully saturated rings. The number of carbonyl (C=O) groups excluding carboxylic acids is 2. The summed E-state index contributed by atoms with van der Waals surface area (Å²) in [6.07, 6.45) is 5.04. The van der Waals surface area contributed by atoms with Crippen LogP contribution in [-0.2, 0) is 26.2 Å². The Bertz CT molecular complexity index is 1470. The van der Waals surface area contributed by atoms with Crippen LogP contribution < -0.4 is 9.62 Å². The summed E-state index contributed by atoms with van der Waals surface area (Å²) in [5.41, 5.74) is 1.79. The normalized spacial score (nSPS) is 14.7. The van der Waals surface area contributed by atoms with Crippen molar-refractivity contribution in [2.45, 2.75) is 69.5 Å². The molecular formula is C31H35Cl2N3O4S. The summed E-state index contributed by atoms with van der Waals surface area (Å²) in [4.78, 5) is 28.9. The van der Waals surface area contributed by atoms with Gasteiger partial charge in [-0.15, -0.1) is 0 Å². The van der Waals surface area contributed by atoms with Gasteiger partial charge in [0.1, 0.15) is 12.6 Å². The standard InChI is InChI=1S/C31H35Cl2N3O4S/c1-22-15-17-27(18-16-22)41(39,40)36(29-14-7-6-13-28(29)33)21-30(37)35(20-24-9-8-10-25(32)19-24)23(2)31(38)34-26-11-4-3-5-12-26/h6-10,13-19,23,26H,3-5,11-12,20-21H2,1-2H3,(H,34,38)/t23-/m1/s1. The molecule has 10 heteroatoms. The molecule has 1 N–H and O–H groups in total. The van der Waals surface area contributed by atoms with Gasteiger partial charge in [0.05, 0.1) is 15.6 Å². The fraction of sp³-hybridized carbons (Fsp3) is 0.355. The Kier molecular flexibility index (Phi) is 10.3. The van der Waals surface area contributed by atoms with Crippen LogP contribution in [0.25, 0.3) is 0 Å². The van der Waals surface area contributed by atoms with Gasteiger partial charge in [-0.3, -0.25) is 13.9 Å². The summed E-state index contributed by atoms with van der Waals surface area (Å²) < 4.78 is 28.9. The van der Waals surface area contributed by atoms with E-state index in [1.807, 2.05) is 13.0 Å². The highest BCUT2D eigenvalue weighted by atomic mass is 35.5. The number of rotatable bonds is 10. The van der Waals surface area contributed by atoms with Crippen molar-refractivity contribution in [2.24, 2.45) is 0 Å². The van der Waals surface area contributed by atoms with Gasteiger partial charge in [0.25, 0.3) is 10.0 Å². The molecule has 1 atom stereocenters. The number of para-hydroxylation sites is 1. The van der Waals surface area contributed by atoms with Crippen LogP contribution in [0.3, 0.4) is 0 Å². The highest BCUT2D eigenvalue weighted by Crippen LogP contribution is 2.31. The Morgan fingerprint density at radius 1 is 0.951 bits per heavy atom. The molecule has 0 spiro atoms. The summed E-state index contributed by atoms with van der Waals surface area (Å²) in [7, 11) is -4.19. The van der Waals surface area contributed by atoms with Gasteiger partial charge in [0, 0.05) is 17.6 Å². The Morgan fingerprint density at radius 2 is 1.63 bits per heavy atom. The molecule has 3 aromatic carbocycles. The Morgan fingerprint density at radius 3 is 2.29 bits per heavy atom. The molecule has 41 heavy (non-hydrogen) atoms. The molecule has 0 unspecified atom stereocenters. The van der Waals surface area contributed by atoms with Crippen molar-refractivity contribution in [1.82, 2.24) is 10.2 Å². The van der Waals surface area contributed by atoms with E-state index in [-0.39, 0.29) is 34.1 Å². The first kappa shape index (κ1) is 30.9. The van der Waals surface area contributed by atoms with Crippen molar-refractivity contribution in [3.63, 3.8) is 0 Å². The second-order valence-electron chi connectivity index (χ2n) is 10.4. The number of amides is 2. The largest absolute Gasteiger partial charge is 0.352 e. The minimum atomic E-state index is -4.19. The highest BCUT2D eigenvalue weighted by molar-refractivity contribution is 7.92. The summed E-state index contributed by atoms with van der Waals surface area (Å²) in [6, 6.07) is 19.1. The van der Waals surface area contributed by atoms with Crippen molar-refractivity contribution in [3.8, 4) is 0 Å². The number of halogens is 2. The van der Waals surface area contributed by atoms with Crippen molar-refractivity contribution < 1.29 is 18.0 Å². The van der Waals surface area contributed by atoms with Gasteiger partial charge < -0.3 is 10.2 Å². The predicted molar refractivity (Wildman–Crippen MR) is 164 cm³/mol. The molecule has 7 nitrogen and oxygen atoms in total. The number of hydrogen-bond donors (Lipinski definition) is 1. The first-order chi connectivity index (χ1) is 19.6. The van der Waals surface area contributed by atoms with E-state index in [0.717, 1.165) is 42.0 Å². The highest BCUT2D eigenvalue weighted by Gasteiger charge is 2.34. The third kappa shape index (κ3) is 7.82. The topological polar surface area (TPSA) is 86.8 Å². The molecule has 0 aliphatic heterocycles.